The first-order valence-electron chi connectivity index (χ1n) is 10.1. The highest BCUT2D eigenvalue weighted by Crippen LogP contribution is 2.20. The van der Waals surface area contributed by atoms with E-state index in [-0.39, 0.29) is 24.0 Å². The van der Waals surface area contributed by atoms with Crippen molar-refractivity contribution in [3.8, 4) is 0 Å². The number of ether oxygens (including phenoxy) is 1. The van der Waals surface area contributed by atoms with Crippen LogP contribution in [0.1, 0.15) is 51.4 Å². The molecule has 1 aliphatic rings. The third-order valence-corrected chi connectivity index (χ3v) is 4.61. The Labute approximate surface area is 181 Å². The lowest BCUT2D eigenvalue weighted by Crippen LogP contribution is -2.38. The van der Waals surface area contributed by atoms with Gasteiger partial charge in [-0.15, -0.1) is 24.0 Å². The standard InChI is InChI=1S/C20H35N5O.HI/c1-21-20(25-16-9-17-26-18-10-3-2-4-11-18)24-15-8-7-14-23-19-12-5-6-13-22-19;/h5-6,12-13,18H,2-4,7-11,14-17H2,1H3,(H,22,23)(H2,21,24,25);1H. The maximum Gasteiger partial charge on any atom is 0.190 e. The van der Waals surface area contributed by atoms with E-state index in [4.69, 9.17) is 4.74 Å². The number of rotatable bonds is 11. The molecular formula is C20H36IN5O. The summed E-state index contributed by atoms with van der Waals surface area (Å²) in [5.74, 6) is 1.81. The van der Waals surface area contributed by atoms with E-state index in [0.29, 0.717) is 6.10 Å². The summed E-state index contributed by atoms with van der Waals surface area (Å²) in [6.07, 6.45) is 12.0. The molecule has 7 heteroatoms. The smallest absolute Gasteiger partial charge is 0.190 e. The van der Waals surface area contributed by atoms with Crippen molar-refractivity contribution in [1.82, 2.24) is 15.6 Å². The molecule has 0 atom stereocenters. The highest BCUT2D eigenvalue weighted by molar-refractivity contribution is 14.0. The number of aromatic nitrogens is 1. The van der Waals surface area contributed by atoms with Crippen LogP contribution in [0.5, 0.6) is 0 Å². The minimum absolute atomic E-state index is 0. The summed E-state index contributed by atoms with van der Waals surface area (Å²) in [7, 11) is 1.82. The summed E-state index contributed by atoms with van der Waals surface area (Å²) >= 11 is 0. The van der Waals surface area contributed by atoms with Gasteiger partial charge in [-0.25, -0.2) is 4.98 Å². The summed E-state index contributed by atoms with van der Waals surface area (Å²) < 4.78 is 5.95. The van der Waals surface area contributed by atoms with Gasteiger partial charge in [-0.2, -0.15) is 0 Å². The van der Waals surface area contributed by atoms with E-state index < -0.39 is 0 Å². The molecule has 1 aromatic heterocycles. The van der Waals surface area contributed by atoms with Crippen molar-refractivity contribution in [2.45, 2.75) is 57.5 Å². The highest BCUT2D eigenvalue weighted by Gasteiger charge is 2.12. The van der Waals surface area contributed by atoms with E-state index in [1.54, 1.807) is 6.20 Å². The van der Waals surface area contributed by atoms with E-state index in [0.717, 1.165) is 57.3 Å². The fourth-order valence-electron chi connectivity index (χ4n) is 3.12. The topological polar surface area (TPSA) is 70.6 Å². The van der Waals surface area contributed by atoms with Gasteiger partial charge in [0.2, 0.25) is 0 Å². The van der Waals surface area contributed by atoms with E-state index in [1.807, 2.05) is 25.2 Å². The number of hydrogen-bond donors (Lipinski definition) is 3. The second kappa shape index (κ2) is 15.9. The lowest BCUT2D eigenvalue weighted by molar-refractivity contribution is 0.0277. The minimum Gasteiger partial charge on any atom is -0.378 e. The molecule has 1 aliphatic carbocycles. The average Bonchev–Trinajstić information content (AvgIpc) is 2.70. The maximum atomic E-state index is 5.95. The summed E-state index contributed by atoms with van der Waals surface area (Å²) in [5, 5.41) is 10.0. The monoisotopic (exact) mass is 489 g/mol. The molecule has 0 amide bonds. The first kappa shape index (κ1) is 23.9. The summed E-state index contributed by atoms with van der Waals surface area (Å²) in [6, 6.07) is 5.91. The van der Waals surface area contributed by atoms with Gasteiger partial charge < -0.3 is 20.7 Å². The second-order valence-electron chi connectivity index (χ2n) is 6.76. The van der Waals surface area contributed by atoms with Gasteiger partial charge in [0.25, 0.3) is 0 Å². The van der Waals surface area contributed by atoms with Gasteiger partial charge in [0.05, 0.1) is 6.10 Å². The lowest BCUT2D eigenvalue weighted by atomic mass is 9.98. The Morgan fingerprint density at radius 3 is 2.52 bits per heavy atom. The van der Waals surface area contributed by atoms with Crippen molar-refractivity contribution in [2.24, 2.45) is 4.99 Å². The quantitative estimate of drug-likeness (QED) is 0.191. The van der Waals surface area contributed by atoms with Crippen molar-refractivity contribution < 1.29 is 4.74 Å². The second-order valence-corrected chi connectivity index (χ2v) is 6.76. The maximum absolute atomic E-state index is 5.95. The Hall–Kier alpha value is -1.09. The Bertz CT molecular complexity index is 494. The molecule has 0 spiro atoms. The van der Waals surface area contributed by atoms with Gasteiger partial charge in [0, 0.05) is 39.5 Å². The molecule has 6 nitrogen and oxygen atoms in total. The molecule has 0 radical (unpaired) electrons. The predicted octanol–water partition coefficient (Wildman–Crippen LogP) is 3.80. The Morgan fingerprint density at radius 2 is 1.81 bits per heavy atom. The molecule has 0 unspecified atom stereocenters. The third-order valence-electron chi connectivity index (χ3n) is 4.61. The fraction of sp³-hybridized carbons (Fsp3) is 0.700. The minimum atomic E-state index is 0. The normalized spacial score (nSPS) is 15.1. The van der Waals surface area contributed by atoms with Crippen LogP contribution in [0, 0.1) is 0 Å². The highest BCUT2D eigenvalue weighted by atomic mass is 127. The third kappa shape index (κ3) is 11.4. The molecule has 1 heterocycles. The van der Waals surface area contributed by atoms with Gasteiger partial charge in [0.1, 0.15) is 5.82 Å². The van der Waals surface area contributed by atoms with Crippen LogP contribution in [-0.4, -0.2) is 50.3 Å². The van der Waals surface area contributed by atoms with Crippen LogP contribution in [-0.2, 0) is 4.74 Å². The van der Waals surface area contributed by atoms with Crippen LogP contribution in [0.3, 0.4) is 0 Å². The molecule has 0 saturated heterocycles. The van der Waals surface area contributed by atoms with Crippen molar-refractivity contribution in [3.05, 3.63) is 24.4 Å². The zero-order chi connectivity index (χ0) is 18.3. The van der Waals surface area contributed by atoms with Crippen molar-refractivity contribution in [3.63, 3.8) is 0 Å². The van der Waals surface area contributed by atoms with Crippen molar-refractivity contribution >= 4 is 35.8 Å². The van der Waals surface area contributed by atoms with Gasteiger partial charge in [0.15, 0.2) is 5.96 Å². The molecule has 2 rings (SSSR count). The van der Waals surface area contributed by atoms with E-state index in [1.165, 1.54) is 32.1 Å². The molecule has 0 aromatic carbocycles. The zero-order valence-electron chi connectivity index (χ0n) is 16.6. The number of nitrogens with one attached hydrogen (secondary N) is 3. The SMILES string of the molecule is CN=C(NCCCCNc1ccccn1)NCCCOC1CCCCC1.I. The molecular weight excluding hydrogens is 453 g/mol. The number of hydrogen-bond acceptors (Lipinski definition) is 4. The fourth-order valence-corrected chi connectivity index (χ4v) is 3.12. The predicted molar refractivity (Wildman–Crippen MR) is 124 cm³/mol. The van der Waals surface area contributed by atoms with Gasteiger partial charge in [-0.05, 0) is 44.2 Å². The van der Waals surface area contributed by atoms with Crippen LogP contribution < -0.4 is 16.0 Å². The molecule has 154 valence electrons. The molecule has 3 N–H and O–H groups in total. The number of pyridine rings is 1. The van der Waals surface area contributed by atoms with Crippen LogP contribution in [0.4, 0.5) is 5.82 Å². The number of nitrogens with zero attached hydrogens (tertiary/aromatic N) is 2. The summed E-state index contributed by atoms with van der Waals surface area (Å²) in [4.78, 5) is 8.52. The Morgan fingerprint density at radius 1 is 1.07 bits per heavy atom. The van der Waals surface area contributed by atoms with E-state index in [9.17, 15) is 0 Å². The first-order valence-corrected chi connectivity index (χ1v) is 10.1. The molecule has 0 bridgehead atoms. The number of guanidine groups is 1. The Kier molecular flexibility index (Phi) is 14.1. The molecule has 27 heavy (non-hydrogen) atoms. The van der Waals surface area contributed by atoms with Gasteiger partial charge in [-0.3, -0.25) is 4.99 Å². The Balaban J connectivity index is 0.00000364. The summed E-state index contributed by atoms with van der Waals surface area (Å²) in [6.45, 7) is 3.59. The number of aliphatic imine (C=N–C) groups is 1. The molecule has 1 fully saturated rings. The molecule has 1 saturated carbocycles. The lowest BCUT2D eigenvalue weighted by Gasteiger charge is -2.22. The van der Waals surface area contributed by atoms with Gasteiger partial charge >= 0.3 is 0 Å². The molecule has 0 aliphatic heterocycles. The summed E-state index contributed by atoms with van der Waals surface area (Å²) in [5.41, 5.74) is 0. The average molecular weight is 489 g/mol. The number of halogens is 1. The zero-order valence-corrected chi connectivity index (χ0v) is 18.9. The van der Waals surface area contributed by atoms with E-state index in [2.05, 4.69) is 25.9 Å². The number of anilines is 1. The van der Waals surface area contributed by atoms with Crippen molar-refractivity contribution in [2.75, 3.05) is 38.6 Å². The number of unbranched alkanes of at least 4 members (excludes halogenated alkanes) is 1. The van der Waals surface area contributed by atoms with Crippen LogP contribution in [0.2, 0.25) is 0 Å². The first-order chi connectivity index (χ1) is 12.9. The van der Waals surface area contributed by atoms with Crippen LogP contribution in [0.15, 0.2) is 29.4 Å². The van der Waals surface area contributed by atoms with Crippen LogP contribution >= 0.6 is 24.0 Å². The van der Waals surface area contributed by atoms with E-state index >= 15 is 0 Å². The van der Waals surface area contributed by atoms with Gasteiger partial charge in [-0.1, -0.05) is 25.3 Å². The van der Waals surface area contributed by atoms with Crippen LogP contribution in [0.25, 0.3) is 0 Å². The molecule has 1 aromatic rings. The van der Waals surface area contributed by atoms with Crippen molar-refractivity contribution in [1.29, 1.82) is 0 Å². The largest absolute Gasteiger partial charge is 0.378 e.